The second-order valence-electron chi connectivity index (χ2n) is 4.85. The molecule has 15 heavy (non-hydrogen) atoms. The van der Waals surface area contributed by atoms with Crippen molar-refractivity contribution in [3.63, 3.8) is 0 Å². The van der Waals surface area contributed by atoms with Gasteiger partial charge in [0.15, 0.2) is 0 Å². The highest BCUT2D eigenvalue weighted by Gasteiger charge is 2.24. The minimum atomic E-state index is 0.836. The first-order valence-electron chi connectivity index (χ1n) is 6.12. The molecule has 0 spiro atoms. The Hall–Kier alpha value is 0.270. The molecule has 0 N–H and O–H groups in total. The van der Waals surface area contributed by atoms with E-state index in [4.69, 9.17) is 0 Å². The molecule has 2 nitrogen and oxygen atoms in total. The molecule has 0 heterocycles. The zero-order chi connectivity index (χ0) is 11.3. The summed E-state index contributed by atoms with van der Waals surface area (Å²) in [6, 6.07) is 0.836. The van der Waals surface area contributed by atoms with Gasteiger partial charge in [-0.25, -0.2) is 4.31 Å². The summed E-state index contributed by atoms with van der Waals surface area (Å²) in [7, 11) is 4.37. The van der Waals surface area contributed by atoms with Crippen molar-refractivity contribution in [2.24, 2.45) is 5.92 Å². The van der Waals surface area contributed by atoms with Crippen LogP contribution in [0.1, 0.15) is 32.6 Å². The van der Waals surface area contributed by atoms with Crippen LogP contribution in [-0.4, -0.2) is 48.7 Å². The Morgan fingerprint density at radius 2 is 1.73 bits per heavy atom. The van der Waals surface area contributed by atoms with Gasteiger partial charge in [-0.15, -0.1) is 0 Å². The van der Waals surface area contributed by atoms with Gasteiger partial charge in [0.1, 0.15) is 0 Å². The minimum absolute atomic E-state index is 0.836. The van der Waals surface area contributed by atoms with E-state index in [-0.39, 0.29) is 0 Å². The molecule has 0 amide bonds. The highest BCUT2D eigenvalue weighted by Crippen LogP contribution is 2.30. The Morgan fingerprint density at radius 1 is 1.13 bits per heavy atom. The maximum atomic E-state index is 2.55. The first-order valence-corrected chi connectivity index (χ1v) is 7.31. The number of hydrogen-bond acceptors (Lipinski definition) is 3. The SMILES string of the molecule is CCN(SC)C1CCC(CN(C)C)CC1. The second kappa shape index (κ2) is 6.77. The van der Waals surface area contributed by atoms with Gasteiger partial charge in [-0.1, -0.05) is 18.9 Å². The van der Waals surface area contributed by atoms with Crippen LogP contribution in [0.2, 0.25) is 0 Å². The van der Waals surface area contributed by atoms with Crippen LogP contribution in [0, 0.1) is 5.92 Å². The van der Waals surface area contributed by atoms with E-state index in [1.54, 1.807) is 0 Å². The summed E-state index contributed by atoms with van der Waals surface area (Å²) in [5.41, 5.74) is 0. The van der Waals surface area contributed by atoms with E-state index in [1.165, 1.54) is 38.8 Å². The zero-order valence-corrected chi connectivity index (χ0v) is 11.5. The van der Waals surface area contributed by atoms with Crippen LogP contribution in [0.15, 0.2) is 0 Å². The van der Waals surface area contributed by atoms with E-state index in [9.17, 15) is 0 Å². The lowest BCUT2D eigenvalue weighted by Crippen LogP contribution is -2.35. The summed E-state index contributed by atoms with van der Waals surface area (Å²) in [6.07, 6.45) is 7.83. The van der Waals surface area contributed by atoms with E-state index in [0.717, 1.165) is 12.0 Å². The molecule has 1 rings (SSSR count). The van der Waals surface area contributed by atoms with Crippen molar-refractivity contribution in [3.8, 4) is 0 Å². The molecule has 3 heteroatoms. The summed E-state index contributed by atoms with van der Waals surface area (Å²) in [4.78, 5) is 2.33. The van der Waals surface area contributed by atoms with Crippen molar-refractivity contribution in [1.29, 1.82) is 0 Å². The highest BCUT2D eigenvalue weighted by molar-refractivity contribution is 7.96. The molecule has 0 aliphatic heterocycles. The highest BCUT2D eigenvalue weighted by atomic mass is 32.2. The summed E-state index contributed by atoms with van der Waals surface area (Å²) in [5, 5.41) is 0. The zero-order valence-electron chi connectivity index (χ0n) is 10.7. The maximum absolute atomic E-state index is 2.55. The van der Waals surface area contributed by atoms with Gasteiger partial charge in [0, 0.05) is 19.1 Å². The largest absolute Gasteiger partial charge is 0.309 e. The standard InChI is InChI=1S/C12H26N2S/c1-5-14(15-4)12-8-6-11(7-9-12)10-13(2)3/h11-12H,5-10H2,1-4H3. The Bertz CT molecular complexity index is 161. The number of hydrogen-bond donors (Lipinski definition) is 0. The molecule has 0 aromatic heterocycles. The third kappa shape index (κ3) is 4.33. The van der Waals surface area contributed by atoms with Gasteiger partial charge in [-0.05, 0) is 52.0 Å². The van der Waals surface area contributed by atoms with Crippen LogP contribution in [0.4, 0.5) is 0 Å². The summed E-state index contributed by atoms with van der Waals surface area (Å²) < 4.78 is 2.55. The fourth-order valence-corrected chi connectivity index (χ4v) is 3.44. The Balaban J connectivity index is 2.28. The average Bonchev–Trinajstić information content (AvgIpc) is 2.21. The van der Waals surface area contributed by atoms with Crippen LogP contribution in [0.25, 0.3) is 0 Å². The van der Waals surface area contributed by atoms with E-state index in [0.29, 0.717) is 0 Å². The van der Waals surface area contributed by atoms with Crippen LogP contribution in [-0.2, 0) is 0 Å². The third-order valence-electron chi connectivity index (χ3n) is 3.39. The monoisotopic (exact) mass is 230 g/mol. The van der Waals surface area contributed by atoms with Crippen LogP contribution in [0.5, 0.6) is 0 Å². The minimum Gasteiger partial charge on any atom is -0.309 e. The first kappa shape index (κ1) is 13.3. The molecule has 0 radical (unpaired) electrons. The van der Waals surface area contributed by atoms with Crippen molar-refractivity contribution < 1.29 is 0 Å². The smallest absolute Gasteiger partial charge is 0.0202 e. The topological polar surface area (TPSA) is 6.48 Å². The summed E-state index contributed by atoms with van der Waals surface area (Å²) in [6.45, 7) is 4.73. The molecule has 0 aromatic carbocycles. The molecule has 0 bridgehead atoms. The molecule has 1 fully saturated rings. The first-order chi connectivity index (χ1) is 7.17. The predicted molar refractivity (Wildman–Crippen MR) is 70.2 cm³/mol. The van der Waals surface area contributed by atoms with Crippen LogP contribution < -0.4 is 0 Å². The molecule has 0 saturated heterocycles. The van der Waals surface area contributed by atoms with E-state index in [2.05, 4.69) is 36.5 Å². The van der Waals surface area contributed by atoms with Gasteiger partial charge in [0.25, 0.3) is 0 Å². The maximum Gasteiger partial charge on any atom is 0.0202 e. The Kier molecular flexibility index (Phi) is 6.02. The van der Waals surface area contributed by atoms with Crippen molar-refractivity contribution in [1.82, 2.24) is 9.21 Å². The molecular weight excluding hydrogens is 204 g/mol. The quantitative estimate of drug-likeness (QED) is 0.671. The Morgan fingerprint density at radius 3 is 2.13 bits per heavy atom. The lowest BCUT2D eigenvalue weighted by Gasteiger charge is -2.35. The van der Waals surface area contributed by atoms with E-state index < -0.39 is 0 Å². The fraction of sp³-hybridized carbons (Fsp3) is 1.00. The van der Waals surface area contributed by atoms with Gasteiger partial charge in [-0.2, -0.15) is 0 Å². The van der Waals surface area contributed by atoms with Gasteiger partial charge in [0.05, 0.1) is 0 Å². The second-order valence-corrected chi connectivity index (χ2v) is 5.69. The van der Waals surface area contributed by atoms with E-state index >= 15 is 0 Å². The van der Waals surface area contributed by atoms with Crippen molar-refractivity contribution in [2.45, 2.75) is 38.6 Å². The molecule has 1 aliphatic rings. The van der Waals surface area contributed by atoms with Crippen molar-refractivity contribution in [3.05, 3.63) is 0 Å². The fourth-order valence-electron chi connectivity index (χ4n) is 2.67. The third-order valence-corrected chi connectivity index (χ3v) is 4.42. The Labute approximate surface area is 99.5 Å². The van der Waals surface area contributed by atoms with Crippen molar-refractivity contribution in [2.75, 3.05) is 33.4 Å². The van der Waals surface area contributed by atoms with Crippen LogP contribution >= 0.6 is 11.9 Å². The lowest BCUT2D eigenvalue weighted by atomic mass is 9.86. The van der Waals surface area contributed by atoms with Crippen LogP contribution in [0.3, 0.4) is 0 Å². The molecule has 0 aromatic rings. The van der Waals surface area contributed by atoms with Crippen molar-refractivity contribution >= 4 is 11.9 Å². The molecule has 0 unspecified atom stereocenters. The van der Waals surface area contributed by atoms with Gasteiger partial charge < -0.3 is 4.90 Å². The lowest BCUT2D eigenvalue weighted by molar-refractivity contribution is 0.200. The molecular formula is C12H26N2S. The molecule has 0 atom stereocenters. The van der Waals surface area contributed by atoms with E-state index in [1.807, 2.05) is 11.9 Å². The summed E-state index contributed by atoms with van der Waals surface area (Å²) >= 11 is 1.91. The average molecular weight is 230 g/mol. The number of nitrogens with zero attached hydrogens (tertiary/aromatic N) is 2. The molecule has 1 saturated carbocycles. The molecule has 90 valence electrons. The molecule has 1 aliphatic carbocycles. The van der Waals surface area contributed by atoms with Gasteiger partial charge >= 0.3 is 0 Å². The summed E-state index contributed by atoms with van der Waals surface area (Å²) in [5.74, 6) is 0.941. The van der Waals surface area contributed by atoms with Gasteiger partial charge in [0.2, 0.25) is 0 Å². The normalized spacial score (nSPS) is 27.6. The van der Waals surface area contributed by atoms with Gasteiger partial charge in [-0.3, -0.25) is 0 Å². The predicted octanol–water partition coefficient (Wildman–Crippen LogP) is 2.71. The number of rotatable bonds is 5.